The normalized spacial score (nSPS) is 15.5. The SMILES string of the molecule is C[C@@H](Oc1cc(-c2cnn(C3CCCCC3)c2)cnc1N)c1cc(F)ccc1-n1nccn1. The second-order valence-electron chi connectivity index (χ2n) is 8.39. The van der Waals surface area contributed by atoms with Gasteiger partial charge in [-0.3, -0.25) is 4.68 Å². The summed E-state index contributed by atoms with van der Waals surface area (Å²) >= 11 is 0. The van der Waals surface area contributed by atoms with Gasteiger partial charge in [-0.15, -0.1) is 0 Å². The average Bonchev–Trinajstić information content (AvgIpc) is 3.54. The van der Waals surface area contributed by atoms with Gasteiger partial charge >= 0.3 is 0 Å². The van der Waals surface area contributed by atoms with Gasteiger partial charge in [0.15, 0.2) is 11.6 Å². The average molecular weight is 448 g/mol. The molecule has 0 bridgehead atoms. The van der Waals surface area contributed by atoms with Crippen molar-refractivity contribution in [2.45, 2.75) is 51.2 Å². The number of anilines is 1. The second-order valence-corrected chi connectivity index (χ2v) is 8.39. The largest absolute Gasteiger partial charge is 0.482 e. The summed E-state index contributed by atoms with van der Waals surface area (Å²) in [6.07, 6.45) is 14.4. The Hall–Kier alpha value is -3.75. The summed E-state index contributed by atoms with van der Waals surface area (Å²) in [6.45, 7) is 1.83. The molecule has 0 amide bonds. The van der Waals surface area contributed by atoms with Crippen molar-refractivity contribution in [2.75, 3.05) is 5.73 Å². The first-order valence-corrected chi connectivity index (χ1v) is 11.2. The van der Waals surface area contributed by atoms with Gasteiger partial charge in [0.25, 0.3) is 0 Å². The lowest BCUT2D eigenvalue weighted by atomic mass is 9.96. The smallest absolute Gasteiger partial charge is 0.166 e. The fourth-order valence-electron chi connectivity index (χ4n) is 4.37. The van der Waals surface area contributed by atoms with Gasteiger partial charge in [-0.25, -0.2) is 9.37 Å². The van der Waals surface area contributed by atoms with Crippen LogP contribution < -0.4 is 10.5 Å². The lowest BCUT2D eigenvalue weighted by molar-refractivity contribution is 0.226. The third-order valence-corrected chi connectivity index (χ3v) is 6.13. The number of nitrogen functional groups attached to an aromatic ring is 1. The van der Waals surface area contributed by atoms with E-state index in [1.54, 1.807) is 24.7 Å². The highest BCUT2D eigenvalue weighted by atomic mass is 19.1. The van der Waals surface area contributed by atoms with Crippen LogP contribution in [-0.2, 0) is 0 Å². The van der Waals surface area contributed by atoms with E-state index in [1.165, 1.54) is 36.2 Å². The molecule has 4 aromatic rings. The Labute approximate surface area is 191 Å². The Kier molecular flexibility index (Phi) is 5.77. The van der Waals surface area contributed by atoms with E-state index in [0.717, 1.165) is 24.0 Å². The quantitative estimate of drug-likeness (QED) is 0.452. The number of rotatable bonds is 6. The first kappa shape index (κ1) is 21.1. The zero-order valence-electron chi connectivity index (χ0n) is 18.4. The Morgan fingerprint density at radius 2 is 1.82 bits per heavy atom. The molecule has 1 aliphatic carbocycles. The molecular weight excluding hydrogens is 421 g/mol. The molecule has 9 heteroatoms. The third kappa shape index (κ3) is 4.44. The number of ether oxygens (including phenoxy) is 1. The monoisotopic (exact) mass is 447 g/mol. The van der Waals surface area contributed by atoms with Crippen LogP contribution in [0, 0.1) is 5.82 Å². The highest BCUT2D eigenvalue weighted by molar-refractivity contribution is 5.66. The summed E-state index contributed by atoms with van der Waals surface area (Å²) in [5.41, 5.74) is 9.16. The van der Waals surface area contributed by atoms with Gasteiger partial charge in [-0.1, -0.05) is 19.3 Å². The van der Waals surface area contributed by atoms with Gasteiger partial charge in [0.2, 0.25) is 0 Å². The van der Waals surface area contributed by atoms with Gasteiger partial charge in [-0.2, -0.15) is 20.1 Å². The highest BCUT2D eigenvalue weighted by Crippen LogP contribution is 2.33. The van der Waals surface area contributed by atoms with Crippen molar-refractivity contribution < 1.29 is 9.13 Å². The maximum atomic E-state index is 14.1. The molecule has 0 saturated heterocycles. The minimum Gasteiger partial charge on any atom is -0.482 e. The molecule has 1 fully saturated rings. The molecular formula is C24H26FN7O. The van der Waals surface area contributed by atoms with Crippen LogP contribution in [0.3, 0.4) is 0 Å². The van der Waals surface area contributed by atoms with Crippen LogP contribution in [-0.4, -0.2) is 29.8 Å². The zero-order chi connectivity index (χ0) is 22.8. The van der Waals surface area contributed by atoms with Crippen LogP contribution >= 0.6 is 0 Å². The van der Waals surface area contributed by atoms with Gasteiger partial charge in [0, 0.05) is 29.1 Å². The standard InChI is InChI=1S/C24H26FN7O/c1-16(21-12-19(25)7-8-22(21)32-28-9-10-29-32)33-23-11-17(13-27-24(23)26)18-14-30-31(15-18)20-5-3-2-4-6-20/h7-16,20H,2-6H2,1H3,(H2,26,27)/t16-/m1/s1. The first-order chi connectivity index (χ1) is 16.1. The Morgan fingerprint density at radius 1 is 1.03 bits per heavy atom. The van der Waals surface area contributed by atoms with Crippen LogP contribution in [0.15, 0.2) is 55.2 Å². The molecule has 2 N–H and O–H groups in total. The molecule has 1 saturated carbocycles. The second kappa shape index (κ2) is 9.01. The van der Waals surface area contributed by atoms with E-state index in [2.05, 4.69) is 31.2 Å². The molecule has 5 rings (SSSR count). The molecule has 8 nitrogen and oxygen atoms in total. The van der Waals surface area contributed by atoms with Crippen molar-refractivity contribution in [3.05, 3.63) is 66.6 Å². The fraction of sp³-hybridized carbons (Fsp3) is 0.333. The van der Waals surface area contributed by atoms with Crippen molar-refractivity contribution in [2.24, 2.45) is 0 Å². The summed E-state index contributed by atoms with van der Waals surface area (Å²) in [5, 5.41) is 12.9. The van der Waals surface area contributed by atoms with Crippen LogP contribution in [0.2, 0.25) is 0 Å². The zero-order valence-corrected chi connectivity index (χ0v) is 18.4. The van der Waals surface area contributed by atoms with E-state index in [9.17, 15) is 4.39 Å². The van der Waals surface area contributed by atoms with Crippen molar-refractivity contribution in [1.82, 2.24) is 29.8 Å². The van der Waals surface area contributed by atoms with Gasteiger partial charge in [-0.05, 0) is 44.0 Å². The molecule has 0 spiro atoms. The van der Waals surface area contributed by atoms with Gasteiger partial charge in [0.1, 0.15) is 11.9 Å². The Bertz CT molecular complexity index is 1230. The van der Waals surface area contributed by atoms with E-state index in [4.69, 9.17) is 10.5 Å². The number of hydrogen-bond donors (Lipinski definition) is 1. The van der Waals surface area contributed by atoms with E-state index in [0.29, 0.717) is 23.0 Å². The van der Waals surface area contributed by atoms with Crippen LogP contribution in [0.4, 0.5) is 10.2 Å². The summed E-state index contributed by atoms with van der Waals surface area (Å²) < 4.78 is 22.3. The molecule has 1 aliphatic rings. The Balaban J connectivity index is 1.41. The number of aromatic nitrogens is 6. The van der Waals surface area contributed by atoms with E-state index >= 15 is 0 Å². The number of halogens is 1. The molecule has 0 aliphatic heterocycles. The van der Waals surface area contributed by atoms with E-state index < -0.39 is 6.10 Å². The summed E-state index contributed by atoms with van der Waals surface area (Å²) in [4.78, 5) is 5.76. The summed E-state index contributed by atoms with van der Waals surface area (Å²) in [6, 6.07) is 6.72. The van der Waals surface area contributed by atoms with Crippen molar-refractivity contribution in [3.63, 3.8) is 0 Å². The molecule has 1 aromatic carbocycles. The van der Waals surface area contributed by atoms with Crippen LogP contribution in [0.1, 0.15) is 56.7 Å². The molecule has 1 atom stereocenters. The predicted octanol–water partition coefficient (Wildman–Crippen LogP) is 4.89. The first-order valence-electron chi connectivity index (χ1n) is 11.2. The summed E-state index contributed by atoms with van der Waals surface area (Å²) in [5.74, 6) is 0.320. The molecule has 0 radical (unpaired) electrons. The predicted molar refractivity (Wildman–Crippen MR) is 122 cm³/mol. The topological polar surface area (TPSA) is 96.7 Å². The van der Waals surface area contributed by atoms with Gasteiger partial charge < -0.3 is 10.5 Å². The summed E-state index contributed by atoms with van der Waals surface area (Å²) in [7, 11) is 0. The number of nitrogens with two attached hydrogens (primary N) is 1. The lowest BCUT2D eigenvalue weighted by Gasteiger charge is -2.21. The fourth-order valence-corrected chi connectivity index (χ4v) is 4.37. The van der Waals surface area contributed by atoms with Crippen LogP contribution in [0.25, 0.3) is 16.8 Å². The molecule has 170 valence electrons. The van der Waals surface area contributed by atoms with E-state index in [-0.39, 0.29) is 11.6 Å². The third-order valence-electron chi connectivity index (χ3n) is 6.13. The molecule has 0 unspecified atom stereocenters. The lowest BCUT2D eigenvalue weighted by Crippen LogP contribution is -2.12. The Morgan fingerprint density at radius 3 is 2.61 bits per heavy atom. The minimum absolute atomic E-state index is 0.264. The number of benzene rings is 1. The minimum atomic E-state index is -0.522. The number of pyridine rings is 1. The maximum absolute atomic E-state index is 14.1. The number of hydrogen-bond acceptors (Lipinski definition) is 6. The van der Waals surface area contributed by atoms with Crippen molar-refractivity contribution in [3.8, 4) is 22.6 Å². The van der Waals surface area contributed by atoms with Crippen LogP contribution in [0.5, 0.6) is 5.75 Å². The number of nitrogens with zero attached hydrogens (tertiary/aromatic N) is 6. The molecule has 3 heterocycles. The molecule has 33 heavy (non-hydrogen) atoms. The van der Waals surface area contributed by atoms with Crippen molar-refractivity contribution >= 4 is 5.82 Å². The van der Waals surface area contributed by atoms with E-state index in [1.807, 2.05) is 19.2 Å². The molecule has 3 aromatic heterocycles. The van der Waals surface area contributed by atoms with Gasteiger partial charge in [0.05, 0.1) is 30.3 Å². The highest BCUT2D eigenvalue weighted by Gasteiger charge is 2.19. The van der Waals surface area contributed by atoms with Crippen molar-refractivity contribution in [1.29, 1.82) is 0 Å². The maximum Gasteiger partial charge on any atom is 0.166 e.